The van der Waals surface area contributed by atoms with Gasteiger partial charge in [-0.3, -0.25) is 19.6 Å². The van der Waals surface area contributed by atoms with E-state index in [-0.39, 0.29) is 23.7 Å². The summed E-state index contributed by atoms with van der Waals surface area (Å²) in [7, 11) is 0. The van der Waals surface area contributed by atoms with E-state index in [9.17, 15) is 9.59 Å². The van der Waals surface area contributed by atoms with Crippen molar-refractivity contribution >= 4 is 44.8 Å². The molecule has 11 heteroatoms. The molecule has 1 fully saturated rings. The number of nitrogens with zero attached hydrogens (tertiary/aromatic N) is 5. The zero-order valence-corrected chi connectivity index (χ0v) is 22.8. The van der Waals surface area contributed by atoms with Gasteiger partial charge in [-0.25, -0.2) is 4.98 Å². The van der Waals surface area contributed by atoms with E-state index in [4.69, 9.17) is 0 Å². The molecule has 38 heavy (non-hydrogen) atoms. The minimum absolute atomic E-state index is 0.0891. The van der Waals surface area contributed by atoms with Crippen LogP contribution < -0.4 is 10.6 Å². The molecule has 1 aliphatic carbocycles. The maximum Gasteiger partial charge on any atom is 0.233 e. The third-order valence-electron chi connectivity index (χ3n) is 6.99. The third-order valence-corrected chi connectivity index (χ3v) is 8.93. The number of amides is 2. The molecule has 9 nitrogen and oxygen atoms in total. The van der Waals surface area contributed by atoms with Crippen LogP contribution in [0.5, 0.6) is 0 Å². The molecular formula is C27H29N7O2S2. The highest BCUT2D eigenvalue weighted by atomic mass is 32.1. The molecule has 4 heterocycles. The number of anilines is 2. The Morgan fingerprint density at radius 2 is 1.55 bits per heavy atom. The van der Waals surface area contributed by atoms with E-state index >= 15 is 0 Å². The number of hydrogen-bond donors (Lipinski definition) is 2. The smallest absolute Gasteiger partial charge is 0.233 e. The number of hydrogen-bond acceptors (Lipinski definition) is 9. The Morgan fingerprint density at radius 1 is 0.895 bits per heavy atom. The number of aromatic nitrogens is 5. The highest BCUT2D eigenvalue weighted by molar-refractivity contribution is 7.16. The van der Waals surface area contributed by atoms with Crippen LogP contribution in [-0.2, 0) is 16.0 Å². The lowest BCUT2D eigenvalue weighted by molar-refractivity contribution is -0.118. The summed E-state index contributed by atoms with van der Waals surface area (Å²) >= 11 is 2.99. The maximum absolute atomic E-state index is 12.6. The van der Waals surface area contributed by atoms with Crippen LogP contribution in [0.2, 0.25) is 0 Å². The molecule has 1 saturated carbocycles. The molecule has 5 rings (SSSR count). The normalized spacial score (nSPS) is 18.6. The van der Waals surface area contributed by atoms with E-state index in [1.54, 1.807) is 24.8 Å². The van der Waals surface area contributed by atoms with Crippen molar-refractivity contribution in [1.82, 2.24) is 25.1 Å². The van der Waals surface area contributed by atoms with Gasteiger partial charge in [-0.1, -0.05) is 23.5 Å². The van der Waals surface area contributed by atoms with Gasteiger partial charge in [0.2, 0.25) is 16.9 Å². The number of rotatable bonds is 9. The van der Waals surface area contributed by atoms with Crippen molar-refractivity contribution in [2.24, 2.45) is 5.92 Å². The van der Waals surface area contributed by atoms with Gasteiger partial charge in [-0.05, 0) is 68.7 Å². The SMILES string of the molecule is C[C@H](C(=O)Nc1ncc(C[C@@H]2CC[C@H](c3nnc(NC(=O)[C@H](C)c4cccnc4)s3)C2)s1)c1cccnc1. The van der Waals surface area contributed by atoms with Crippen LogP contribution in [-0.4, -0.2) is 37.0 Å². The first-order valence-corrected chi connectivity index (χ1v) is 14.3. The molecule has 0 bridgehead atoms. The van der Waals surface area contributed by atoms with Gasteiger partial charge in [0, 0.05) is 41.8 Å². The van der Waals surface area contributed by atoms with Crippen LogP contribution in [0.4, 0.5) is 10.3 Å². The van der Waals surface area contributed by atoms with Crippen molar-refractivity contribution in [3.8, 4) is 0 Å². The Bertz CT molecular complexity index is 1380. The number of nitrogens with one attached hydrogen (secondary N) is 2. The summed E-state index contributed by atoms with van der Waals surface area (Å²) in [5.41, 5.74) is 1.74. The summed E-state index contributed by atoms with van der Waals surface area (Å²) in [5.74, 6) is 0.0326. The van der Waals surface area contributed by atoms with Crippen molar-refractivity contribution < 1.29 is 9.59 Å². The topological polar surface area (TPSA) is 123 Å². The maximum atomic E-state index is 12.6. The van der Waals surface area contributed by atoms with E-state index in [1.165, 1.54) is 22.7 Å². The van der Waals surface area contributed by atoms with Gasteiger partial charge in [-0.2, -0.15) is 0 Å². The largest absolute Gasteiger partial charge is 0.301 e. The van der Waals surface area contributed by atoms with E-state index in [0.717, 1.165) is 46.7 Å². The van der Waals surface area contributed by atoms with Gasteiger partial charge in [0.05, 0.1) is 11.8 Å². The highest BCUT2D eigenvalue weighted by Gasteiger charge is 2.29. The van der Waals surface area contributed by atoms with Crippen LogP contribution in [0.1, 0.15) is 71.9 Å². The summed E-state index contributed by atoms with van der Waals surface area (Å²) in [6.07, 6.45) is 12.8. The Morgan fingerprint density at radius 3 is 2.18 bits per heavy atom. The van der Waals surface area contributed by atoms with Crippen molar-refractivity contribution in [3.63, 3.8) is 0 Å². The molecule has 4 aromatic heterocycles. The Kier molecular flexibility index (Phi) is 8.14. The average Bonchev–Trinajstić information content (AvgIpc) is 3.71. The third kappa shape index (κ3) is 6.28. The number of carbonyl (C=O) groups is 2. The lowest BCUT2D eigenvalue weighted by atomic mass is 10.0. The second kappa shape index (κ2) is 11.9. The van der Waals surface area contributed by atoms with Crippen molar-refractivity contribution in [2.75, 3.05) is 10.6 Å². The summed E-state index contributed by atoms with van der Waals surface area (Å²) < 4.78 is 0. The molecular weight excluding hydrogens is 518 g/mol. The molecule has 2 N–H and O–H groups in total. The lowest BCUT2D eigenvalue weighted by Gasteiger charge is -2.10. The summed E-state index contributed by atoms with van der Waals surface area (Å²) in [5, 5.41) is 16.6. The van der Waals surface area contributed by atoms with Crippen molar-refractivity contribution in [1.29, 1.82) is 0 Å². The molecule has 196 valence electrons. The minimum atomic E-state index is -0.320. The monoisotopic (exact) mass is 547 g/mol. The van der Waals surface area contributed by atoms with Gasteiger partial charge >= 0.3 is 0 Å². The van der Waals surface area contributed by atoms with E-state index in [0.29, 0.717) is 22.1 Å². The average molecular weight is 548 g/mol. The van der Waals surface area contributed by atoms with E-state index in [2.05, 4.69) is 35.8 Å². The second-order valence-electron chi connectivity index (χ2n) is 9.65. The number of thiazole rings is 1. The minimum Gasteiger partial charge on any atom is -0.301 e. The summed E-state index contributed by atoms with van der Waals surface area (Å²) in [6, 6.07) is 7.45. The Labute approximate surface area is 229 Å². The van der Waals surface area contributed by atoms with Gasteiger partial charge in [0.1, 0.15) is 5.01 Å². The Hall–Kier alpha value is -3.57. The predicted octanol–water partition coefficient (Wildman–Crippen LogP) is 5.40. The molecule has 0 spiro atoms. The predicted molar refractivity (Wildman–Crippen MR) is 148 cm³/mol. The van der Waals surface area contributed by atoms with Gasteiger partial charge in [0.25, 0.3) is 0 Å². The molecule has 4 aromatic rings. The molecule has 4 atom stereocenters. The Balaban J connectivity index is 1.11. The fourth-order valence-corrected chi connectivity index (χ4v) is 6.50. The van der Waals surface area contributed by atoms with Gasteiger partial charge < -0.3 is 10.6 Å². The van der Waals surface area contributed by atoms with E-state index in [1.807, 2.05) is 44.3 Å². The highest BCUT2D eigenvalue weighted by Crippen LogP contribution is 2.42. The first-order chi connectivity index (χ1) is 18.5. The zero-order valence-electron chi connectivity index (χ0n) is 21.2. The van der Waals surface area contributed by atoms with Crippen LogP contribution in [0.25, 0.3) is 0 Å². The fraction of sp³-hybridized carbons (Fsp3) is 0.370. The van der Waals surface area contributed by atoms with Crippen molar-refractivity contribution in [3.05, 3.63) is 76.3 Å². The molecule has 0 saturated heterocycles. The van der Waals surface area contributed by atoms with E-state index < -0.39 is 0 Å². The molecule has 2 amide bonds. The molecule has 0 radical (unpaired) electrons. The number of carbonyl (C=O) groups excluding carboxylic acids is 2. The molecule has 0 aromatic carbocycles. The lowest BCUT2D eigenvalue weighted by Crippen LogP contribution is -2.18. The van der Waals surface area contributed by atoms with Crippen LogP contribution in [0.15, 0.2) is 55.2 Å². The second-order valence-corrected chi connectivity index (χ2v) is 11.8. The molecule has 0 aliphatic heterocycles. The quantitative estimate of drug-likeness (QED) is 0.288. The number of pyridine rings is 2. The summed E-state index contributed by atoms with van der Waals surface area (Å²) in [6.45, 7) is 3.72. The fourth-order valence-electron chi connectivity index (χ4n) is 4.67. The van der Waals surface area contributed by atoms with Crippen LogP contribution >= 0.6 is 22.7 Å². The van der Waals surface area contributed by atoms with Crippen LogP contribution in [0, 0.1) is 5.92 Å². The zero-order chi connectivity index (χ0) is 26.5. The first-order valence-electron chi connectivity index (χ1n) is 12.7. The molecule has 0 unspecified atom stereocenters. The standard InChI is InChI=1S/C27H29N7O2S2/c1-16(20-5-3-9-28-13-20)23(35)31-26-30-15-22(37-26)12-18-7-8-19(11-18)25-33-34-27(38-25)32-24(36)17(2)21-6-4-10-29-14-21/h3-6,9-10,13-19H,7-8,11-12H2,1-2H3,(H,30,31,35)(H,32,34,36)/t16-,17+,18+,19-/m0/s1. The van der Waals surface area contributed by atoms with Gasteiger partial charge in [0.15, 0.2) is 5.13 Å². The molecule has 1 aliphatic rings. The first kappa shape index (κ1) is 26.1. The van der Waals surface area contributed by atoms with Gasteiger partial charge in [-0.15, -0.1) is 21.5 Å². The van der Waals surface area contributed by atoms with Crippen molar-refractivity contribution in [2.45, 2.75) is 57.3 Å². The van der Waals surface area contributed by atoms with Crippen LogP contribution in [0.3, 0.4) is 0 Å². The summed E-state index contributed by atoms with van der Waals surface area (Å²) in [4.78, 5) is 39.0.